The van der Waals surface area contributed by atoms with Crippen molar-refractivity contribution in [3.63, 3.8) is 0 Å². The summed E-state index contributed by atoms with van der Waals surface area (Å²) in [5.41, 5.74) is 6.24. The van der Waals surface area contributed by atoms with Crippen molar-refractivity contribution in [3.8, 4) is 0 Å². The molecule has 0 unspecified atom stereocenters. The van der Waals surface area contributed by atoms with E-state index in [0.717, 1.165) is 5.69 Å². The van der Waals surface area contributed by atoms with Crippen LogP contribution in [0.1, 0.15) is 43.2 Å². The van der Waals surface area contributed by atoms with E-state index in [4.69, 9.17) is 5.84 Å². The van der Waals surface area contributed by atoms with Crippen molar-refractivity contribution < 1.29 is 0 Å². The van der Waals surface area contributed by atoms with Gasteiger partial charge in [-0.05, 0) is 43.9 Å². The van der Waals surface area contributed by atoms with Crippen molar-refractivity contribution in [3.05, 3.63) is 29.3 Å². The van der Waals surface area contributed by atoms with Crippen molar-refractivity contribution >= 4 is 11.6 Å². The SMILES string of the molecule is Cc1cccc(NC(=NC2CCCCC2)NN)c1C. The van der Waals surface area contributed by atoms with Crippen molar-refractivity contribution in [1.29, 1.82) is 0 Å². The van der Waals surface area contributed by atoms with Crippen molar-refractivity contribution in [1.82, 2.24) is 5.43 Å². The first-order chi connectivity index (χ1) is 9.20. The molecule has 19 heavy (non-hydrogen) atoms. The van der Waals surface area contributed by atoms with Crippen LogP contribution in [0.3, 0.4) is 0 Å². The van der Waals surface area contributed by atoms with Crippen molar-refractivity contribution in [2.45, 2.75) is 52.0 Å². The third-order valence-electron chi connectivity index (χ3n) is 3.88. The molecule has 4 nitrogen and oxygen atoms in total. The maximum Gasteiger partial charge on any atom is 0.210 e. The highest BCUT2D eigenvalue weighted by Gasteiger charge is 2.13. The maximum atomic E-state index is 5.58. The molecule has 4 N–H and O–H groups in total. The fourth-order valence-electron chi connectivity index (χ4n) is 2.51. The second-order valence-electron chi connectivity index (χ2n) is 5.29. The molecule has 1 aliphatic rings. The molecule has 0 aliphatic heterocycles. The smallest absolute Gasteiger partial charge is 0.210 e. The minimum Gasteiger partial charge on any atom is -0.325 e. The van der Waals surface area contributed by atoms with E-state index in [1.165, 1.54) is 43.2 Å². The number of nitrogens with two attached hydrogens (primary N) is 1. The fraction of sp³-hybridized carbons (Fsp3) is 0.533. The molecule has 0 amide bonds. The number of anilines is 1. The number of hydrogen-bond donors (Lipinski definition) is 3. The van der Waals surface area contributed by atoms with Crippen molar-refractivity contribution in [2.75, 3.05) is 5.32 Å². The minimum absolute atomic E-state index is 0.400. The Morgan fingerprint density at radius 1 is 1.21 bits per heavy atom. The van der Waals surface area contributed by atoms with Crippen LogP contribution in [-0.4, -0.2) is 12.0 Å². The fourth-order valence-corrected chi connectivity index (χ4v) is 2.51. The van der Waals surface area contributed by atoms with E-state index in [-0.39, 0.29) is 0 Å². The van der Waals surface area contributed by atoms with Gasteiger partial charge in [0.1, 0.15) is 0 Å². The zero-order valence-electron chi connectivity index (χ0n) is 11.9. The lowest BCUT2D eigenvalue weighted by molar-refractivity contribution is 0.442. The number of aliphatic imine (C=N–C) groups is 1. The monoisotopic (exact) mass is 260 g/mol. The van der Waals surface area contributed by atoms with E-state index in [0.29, 0.717) is 12.0 Å². The van der Waals surface area contributed by atoms with Crippen LogP contribution in [-0.2, 0) is 0 Å². The van der Waals surface area contributed by atoms with E-state index in [1.807, 2.05) is 6.07 Å². The molecule has 2 rings (SSSR count). The van der Waals surface area contributed by atoms with E-state index in [1.54, 1.807) is 0 Å². The average molecular weight is 260 g/mol. The van der Waals surface area contributed by atoms with Crippen LogP contribution in [0.2, 0.25) is 0 Å². The van der Waals surface area contributed by atoms with Gasteiger partial charge < -0.3 is 5.32 Å². The Bertz CT molecular complexity index is 447. The number of hydrazine groups is 1. The minimum atomic E-state index is 0.400. The van der Waals surface area contributed by atoms with Gasteiger partial charge in [0, 0.05) is 5.69 Å². The number of rotatable bonds is 2. The second-order valence-corrected chi connectivity index (χ2v) is 5.29. The summed E-state index contributed by atoms with van der Waals surface area (Å²) in [6.07, 6.45) is 6.21. The predicted octanol–water partition coefficient (Wildman–Crippen LogP) is 2.87. The van der Waals surface area contributed by atoms with Gasteiger partial charge in [-0.3, -0.25) is 5.43 Å². The Balaban J connectivity index is 2.09. The Hall–Kier alpha value is -1.55. The number of nitrogens with zero attached hydrogens (tertiary/aromatic N) is 1. The molecule has 1 aromatic carbocycles. The normalized spacial score (nSPS) is 17.3. The first-order valence-corrected chi connectivity index (χ1v) is 7.08. The zero-order valence-corrected chi connectivity index (χ0v) is 11.9. The van der Waals surface area contributed by atoms with E-state index in [2.05, 4.69) is 41.7 Å². The van der Waals surface area contributed by atoms with Gasteiger partial charge in [-0.25, -0.2) is 10.8 Å². The van der Waals surface area contributed by atoms with Gasteiger partial charge in [0.15, 0.2) is 0 Å². The van der Waals surface area contributed by atoms with Crippen LogP contribution in [0.4, 0.5) is 5.69 Å². The summed E-state index contributed by atoms with van der Waals surface area (Å²) in [6, 6.07) is 6.60. The summed E-state index contributed by atoms with van der Waals surface area (Å²) in [6.45, 7) is 4.21. The lowest BCUT2D eigenvalue weighted by atomic mass is 9.96. The third kappa shape index (κ3) is 3.70. The van der Waals surface area contributed by atoms with E-state index < -0.39 is 0 Å². The highest BCUT2D eigenvalue weighted by molar-refractivity contribution is 5.94. The molecule has 0 bridgehead atoms. The lowest BCUT2D eigenvalue weighted by Crippen LogP contribution is -2.37. The van der Waals surface area contributed by atoms with Gasteiger partial charge in [-0.2, -0.15) is 0 Å². The molecular formula is C15H24N4. The molecule has 0 spiro atoms. The summed E-state index contributed by atoms with van der Waals surface area (Å²) in [5, 5.41) is 3.30. The molecule has 1 saturated carbocycles. The van der Waals surface area contributed by atoms with Gasteiger partial charge in [-0.15, -0.1) is 0 Å². The maximum absolute atomic E-state index is 5.58. The molecular weight excluding hydrogens is 236 g/mol. The highest BCUT2D eigenvalue weighted by atomic mass is 15.3. The molecule has 0 radical (unpaired) electrons. The zero-order chi connectivity index (χ0) is 13.7. The first kappa shape index (κ1) is 13.9. The topological polar surface area (TPSA) is 62.4 Å². The van der Waals surface area contributed by atoms with Crippen LogP contribution in [0.25, 0.3) is 0 Å². The van der Waals surface area contributed by atoms with E-state index in [9.17, 15) is 0 Å². The number of benzene rings is 1. The van der Waals surface area contributed by atoms with Crippen LogP contribution in [0.5, 0.6) is 0 Å². The predicted molar refractivity (Wildman–Crippen MR) is 81.2 cm³/mol. The quantitative estimate of drug-likeness (QED) is 0.331. The molecule has 0 heterocycles. The first-order valence-electron chi connectivity index (χ1n) is 7.08. The number of hydrogen-bond acceptors (Lipinski definition) is 2. The Morgan fingerprint density at radius 3 is 2.63 bits per heavy atom. The molecule has 0 saturated heterocycles. The Kier molecular flexibility index (Phi) is 4.80. The molecule has 0 atom stereocenters. The molecule has 4 heteroatoms. The van der Waals surface area contributed by atoms with Crippen molar-refractivity contribution in [2.24, 2.45) is 10.8 Å². The molecule has 1 aliphatic carbocycles. The van der Waals surface area contributed by atoms with Crippen LogP contribution < -0.4 is 16.6 Å². The van der Waals surface area contributed by atoms with Gasteiger partial charge >= 0.3 is 0 Å². The highest BCUT2D eigenvalue weighted by Crippen LogP contribution is 2.21. The Labute approximate surface area is 115 Å². The number of nitrogens with one attached hydrogen (secondary N) is 2. The largest absolute Gasteiger partial charge is 0.325 e. The molecule has 104 valence electrons. The van der Waals surface area contributed by atoms with Crippen LogP contribution in [0.15, 0.2) is 23.2 Å². The molecule has 1 fully saturated rings. The summed E-state index contributed by atoms with van der Waals surface area (Å²) in [5.74, 6) is 6.25. The van der Waals surface area contributed by atoms with E-state index >= 15 is 0 Å². The van der Waals surface area contributed by atoms with Crippen LogP contribution >= 0.6 is 0 Å². The van der Waals surface area contributed by atoms with Gasteiger partial charge in [-0.1, -0.05) is 31.4 Å². The van der Waals surface area contributed by atoms with Gasteiger partial charge in [0.25, 0.3) is 0 Å². The molecule has 1 aromatic rings. The summed E-state index contributed by atoms with van der Waals surface area (Å²) < 4.78 is 0. The summed E-state index contributed by atoms with van der Waals surface area (Å²) in [4.78, 5) is 4.69. The number of guanidine groups is 1. The average Bonchev–Trinajstić information content (AvgIpc) is 2.44. The standard InChI is InChI=1S/C15H24N4/c1-11-7-6-10-14(12(11)2)18-15(19-16)17-13-8-4-3-5-9-13/h6-7,10,13H,3-5,8-9,16H2,1-2H3,(H2,17,18,19). The van der Waals surface area contributed by atoms with Crippen LogP contribution in [0, 0.1) is 13.8 Å². The summed E-state index contributed by atoms with van der Waals surface area (Å²) in [7, 11) is 0. The molecule has 0 aromatic heterocycles. The lowest BCUT2D eigenvalue weighted by Gasteiger charge is -2.20. The summed E-state index contributed by atoms with van der Waals surface area (Å²) >= 11 is 0. The van der Waals surface area contributed by atoms with Gasteiger partial charge in [0.2, 0.25) is 5.96 Å². The second kappa shape index (κ2) is 6.57. The number of aryl methyl sites for hydroxylation is 1. The van der Waals surface area contributed by atoms with Gasteiger partial charge in [0.05, 0.1) is 6.04 Å². The Morgan fingerprint density at radius 2 is 1.95 bits per heavy atom. The third-order valence-corrected chi connectivity index (χ3v) is 3.88.